The zero-order valence-electron chi connectivity index (χ0n) is 7.75. The molecule has 0 aromatic heterocycles. The van der Waals surface area contributed by atoms with Crippen LogP contribution in [0.4, 0.5) is 13.2 Å². The maximum atomic E-state index is 12.5. The van der Waals surface area contributed by atoms with Crippen molar-refractivity contribution in [2.75, 3.05) is 6.67 Å². The summed E-state index contributed by atoms with van der Waals surface area (Å²) < 4.78 is 61.3. The molecule has 0 radical (unpaired) electrons. The van der Waals surface area contributed by atoms with Crippen molar-refractivity contribution in [3.8, 4) is 0 Å². The van der Waals surface area contributed by atoms with E-state index in [1.165, 1.54) is 24.3 Å². The highest BCUT2D eigenvalue weighted by Gasteiger charge is 2.35. The number of alkyl halides is 3. The fourth-order valence-electron chi connectivity index (χ4n) is 0.897. The van der Waals surface area contributed by atoms with Gasteiger partial charge in [0.15, 0.2) is 6.67 Å². The van der Waals surface area contributed by atoms with Crippen LogP contribution in [-0.2, 0) is 10.0 Å². The van der Waals surface area contributed by atoms with Crippen molar-refractivity contribution in [1.29, 1.82) is 0 Å². The largest absolute Gasteiger partial charge is 0.343 e. The smallest absolute Gasteiger partial charge is 0.243 e. The quantitative estimate of drug-likeness (QED) is 0.657. The minimum Gasteiger partial charge on any atom is -0.243 e. The summed E-state index contributed by atoms with van der Waals surface area (Å²) in [7, 11) is -4.39. The minimum absolute atomic E-state index is 0.332. The highest BCUT2D eigenvalue weighted by Crippen LogP contribution is 2.17. The van der Waals surface area contributed by atoms with Gasteiger partial charge in [-0.3, -0.25) is 0 Å². The first kappa shape index (κ1) is 13.7. The number of rotatable bonds is 4. The molecule has 1 aromatic rings. The average Bonchev–Trinajstić information content (AvgIpc) is 2.17. The van der Waals surface area contributed by atoms with Crippen molar-refractivity contribution < 1.29 is 21.6 Å². The van der Waals surface area contributed by atoms with Crippen molar-refractivity contribution in [2.24, 2.45) is 0 Å². The van der Waals surface area contributed by atoms with Gasteiger partial charge >= 0.3 is 6.05 Å². The van der Waals surface area contributed by atoms with E-state index in [4.69, 9.17) is 0 Å². The Bertz CT molecular complexity index is 461. The van der Waals surface area contributed by atoms with Crippen LogP contribution in [0.3, 0.4) is 0 Å². The van der Waals surface area contributed by atoms with Gasteiger partial charge in [0.25, 0.3) is 0 Å². The van der Waals surface area contributed by atoms with Crippen molar-refractivity contribution >= 4 is 32.6 Å². The number of hydrogen-bond acceptors (Lipinski definition) is 2. The maximum Gasteiger partial charge on any atom is 0.343 e. The lowest BCUT2D eigenvalue weighted by Crippen LogP contribution is -2.42. The van der Waals surface area contributed by atoms with Crippen molar-refractivity contribution in [3.05, 3.63) is 27.8 Å². The SMILES string of the molecule is O=S(=O)(NC(F)(F)CF)c1ccc(I)cc1. The van der Waals surface area contributed by atoms with Crippen molar-refractivity contribution in [1.82, 2.24) is 4.72 Å². The second-order valence-electron chi connectivity index (χ2n) is 2.90. The van der Waals surface area contributed by atoms with Gasteiger partial charge in [-0.2, -0.15) is 8.78 Å². The normalized spacial score (nSPS) is 12.8. The Kier molecular flexibility index (Phi) is 4.18. The molecule has 3 nitrogen and oxygen atoms in total. The Morgan fingerprint density at radius 1 is 1.25 bits per heavy atom. The summed E-state index contributed by atoms with van der Waals surface area (Å²) in [4.78, 5) is -0.332. The highest BCUT2D eigenvalue weighted by atomic mass is 127. The van der Waals surface area contributed by atoms with Crippen molar-refractivity contribution in [3.63, 3.8) is 0 Å². The van der Waals surface area contributed by atoms with Gasteiger partial charge in [0.05, 0.1) is 4.90 Å². The maximum absolute atomic E-state index is 12.5. The lowest BCUT2D eigenvalue weighted by molar-refractivity contribution is -0.0330. The number of nitrogens with one attached hydrogen (secondary N) is 1. The molecule has 8 heteroatoms. The zero-order chi connectivity index (χ0) is 12.4. The molecule has 0 heterocycles. The monoisotopic (exact) mass is 365 g/mol. The molecule has 0 saturated carbocycles. The number of halogens is 4. The van der Waals surface area contributed by atoms with Gasteiger partial charge in [0, 0.05) is 3.57 Å². The molecule has 0 spiro atoms. The second-order valence-corrected chi connectivity index (χ2v) is 5.83. The van der Waals surface area contributed by atoms with Gasteiger partial charge in [-0.25, -0.2) is 12.8 Å². The molecule has 0 aliphatic rings. The Balaban J connectivity index is 2.99. The third-order valence-electron chi connectivity index (χ3n) is 1.58. The molecule has 90 valence electrons. The zero-order valence-corrected chi connectivity index (χ0v) is 10.7. The van der Waals surface area contributed by atoms with Crippen LogP contribution in [-0.4, -0.2) is 21.1 Å². The van der Waals surface area contributed by atoms with E-state index >= 15 is 0 Å². The third kappa shape index (κ3) is 3.59. The summed E-state index contributed by atoms with van der Waals surface area (Å²) in [6.45, 7) is -2.09. The summed E-state index contributed by atoms with van der Waals surface area (Å²) >= 11 is 1.94. The predicted molar refractivity (Wildman–Crippen MR) is 60.4 cm³/mol. The van der Waals surface area contributed by atoms with Gasteiger partial charge in [-0.05, 0) is 46.9 Å². The minimum atomic E-state index is -4.39. The topological polar surface area (TPSA) is 46.2 Å². The highest BCUT2D eigenvalue weighted by molar-refractivity contribution is 14.1. The van der Waals surface area contributed by atoms with E-state index in [0.717, 1.165) is 8.29 Å². The van der Waals surface area contributed by atoms with Crippen LogP contribution >= 0.6 is 22.6 Å². The molecule has 1 aromatic carbocycles. The van der Waals surface area contributed by atoms with Gasteiger partial charge < -0.3 is 0 Å². The molecule has 0 aliphatic carbocycles. The Hall–Kier alpha value is -0.350. The number of hydrogen-bond donors (Lipinski definition) is 1. The summed E-state index contributed by atoms with van der Waals surface area (Å²) in [5, 5.41) is 0. The summed E-state index contributed by atoms with van der Waals surface area (Å²) in [5.41, 5.74) is 0. The van der Waals surface area contributed by atoms with Gasteiger partial charge in [-0.1, -0.05) is 0 Å². The van der Waals surface area contributed by atoms with E-state index in [2.05, 4.69) is 0 Å². The van der Waals surface area contributed by atoms with Crippen LogP contribution in [0.15, 0.2) is 29.2 Å². The first-order chi connectivity index (χ1) is 7.27. The van der Waals surface area contributed by atoms with E-state index in [-0.39, 0.29) is 4.90 Å². The molecule has 1 N–H and O–H groups in total. The molecule has 0 atom stereocenters. The van der Waals surface area contributed by atoms with Crippen molar-refractivity contribution in [2.45, 2.75) is 10.9 Å². The van der Waals surface area contributed by atoms with E-state index in [1.54, 1.807) is 0 Å². The second kappa shape index (κ2) is 4.88. The summed E-state index contributed by atoms with van der Waals surface area (Å²) in [6.07, 6.45) is 0. The van der Waals surface area contributed by atoms with Crippen LogP contribution in [0.1, 0.15) is 0 Å². The molecule has 16 heavy (non-hydrogen) atoms. The molecular formula is C8H7F3INO2S. The molecule has 0 aliphatic heterocycles. The third-order valence-corrected chi connectivity index (χ3v) is 3.75. The Morgan fingerprint density at radius 2 is 1.75 bits per heavy atom. The lowest BCUT2D eigenvalue weighted by Gasteiger charge is -2.14. The molecule has 0 unspecified atom stereocenters. The molecule has 1 rings (SSSR count). The van der Waals surface area contributed by atoms with E-state index in [0.29, 0.717) is 0 Å². The Morgan fingerprint density at radius 3 is 2.19 bits per heavy atom. The molecular weight excluding hydrogens is 358 g/mol. The predicted octanol–water partition coefficient (Wildman–Crippen LogP) is 2.13. The molecule has 0 saturated heterocycles. The van der Waals surface area contributed by atoms with Crippen LogP contribution in [0, 0.1) is 3.57 Å². The first-order valence-electron chi connectivity index (χ1n) is 4.00. The summed E-state index contributed by atoms with van der Waals surface area (Å²) in [5.74, 6) is 0. The fraction of sp³-hybridized carbons (Fsp3) is 0.250. The van der Waals surface area contributed by atoms with Crippen LogP contribution in [0.5, 0.6) is 0 Å². The lowest BCUT2D eigenvalue weighted by atomic mass is 10.4. The molecule has 0 bridgehead atoms. The van der Waals surface area contributed by atoms with E-state index in [1.807, 2.05) is 22.6 Å². The standard InChI is InChI=1S/C8H7F3INO2S/c9-5-8(10,11)13-16(14,15)7-3-1-6(12)2-4-7/h1-4,13H,5H2. The fourth-order valence-corrected chi connectivity index (χ4v) is 2.32. The van der Waals surface area contributed by atoms with Crippen LogP contribution < -0.4 is 4.72 Å². The van der Waals surface area contributed by atoms with Crippen LogP contribution in [0.2, 0.25) is 0 Å². The summed E-state index contributed by atoms with van der Waals surface area (Å²) in [6, 6.07) is 1.14. The van der Waals surface area contributed by atoms with Crippen LogP contribution in [0.25, 0.3) is 0 Å². The number of benzene rings is 1. The van der Waals surface area contributed by atoms with Gasteiger partial charge in [-0.15, -0.1) is 4.72 Å². The van der Waals surface area contributed by atoms with Gasteiger partial charge in [0.1, 0.15) is 0 Å². The van der Waals surface area contributed by atoms with Gasteiger partial charge in [0.2, 0.25) is 10.0 Å². The average molecular weight is 365 g/mol. The number of sulfonamides is 1. The van der Waals surface area contributed by atoms with E-state index in [9.17, 15) is 21.6 Å². The first-order valence-corrected chi connectivity index (χ1v) is 6.56. The Labute approximate surface area is 104 Å². The van der Waals surface area contributed by atoms with E-state index < -0.39 is 22.7 Å². The molecule has 0 amide bonds. The molecule has 0 fully saturated rings.